The van der Waals surface area contributed by atoms with Gasteiger partial charge in [-0.25, -0.2) is 0 Å². The van der Waals surface area contributed by atoms with Gasteiger partial charge in [-0.3, -0.25) is 0 Å². The number of ether oxygens (including phenoxy) is 2. The van der Waals surface area contributed by atoms with Gasteiger partial charge in [0.05, 0.1) is 18.2 Å². The molecule has 1 aromatic carbocycles. The zero-order valence-corrected chi connectivity index (χ0v) is 11.2. The van der Waals surface area contributed by atoms with Crippen molar-refractivity contribution in [3.8, 4) is 6.07 Å². The SMILES string of the molecule is CCOC(CN(C)c1cccc(C#N)c1)OCC. The highest BCUT2D eigenvalue weighted by Crippen LogP contribution is 2.15. The maximum Gasteiger partial charge on any atom is 0.174 e. The highest BCUT2D eigenvalue weighted by molar-refractivity contribution is 5.50. The van der Waals surface area contributed by atoms with Gasteiger partial charge in [0, 0.05) is 25.9 Å². The van der Waals surface area contributed by atoms with Gasteiger partial charge in [-0.2, -0.15) is 5.26 Å². The van der Waals surface area contributed by atoms with E-state index in [1.807, 2.05) is 44.0 Å². The van der Waals surface area contributed by atoms with Crippen molar-refractivity contribution in [1.29, 1.82) is 5.26 Å². The number of benzene rings is 1. The Balaban J connectivity index is 2.67. The van der Waals surface area contributed by atoms with Crippen LogP contribution in [0.4, 0.5) is 5.69 Å². The summed E-state index contributed by atoms with van der Waals surface area (Å²) >= 11 is 0. The van der Waals surface area contributed by atoms with Crippen LogP contribution in [0.5, 0.6) is 0 Å². The molecule has 0 heterocycles. The normalized spacial score (nSPS) is 10.4. The lowest BCUT2D eigenvalue weighted by molar-refractivity contribution is -0.129. The molecule has 0 radical (unpaired) electrons. The molecule has 0 spiro atoms. The third kappa shape index (κ3) is 4.36. The van der Waals surface area contributed by atoms with Gasteiger partial charge >= 0.3 is 0 Å². The standard InChI is InChI=1S/C14H20N2O2/c1-4-17-14(18-5-2)11-16(3)13-8-6-7-12(9-13)10-15/h6-9,14H,4-5,11H2,1-3H3. The van der Waals surface area contributed by atoms with Gasteiger partial charge in [-0.15, -0.1) is 0 Å². The molecule has 1 aromatic rings. The van der Waals surface area contributed by atoms with Crippen LogP contribution in [0.3, 0.4) is 0 Å². The van der Waals surface area contributed by atoms with Crippen LogP contribution in [0.25, 0.3) is 0 Å². The van der Waals surface area contributed by atoms with Gasteiger partial charge in [0.25, 0.3) is 0 Å². The van der Waals surface area contributed by atoms with Gasteiger partial charge < -0.3 is 14.4 Å². The van der Waals surface area contributed by atoms with Gasteiger partial charge in [0.15, 0.2) is 6.29 Å². The molecule has 0 aliphatic carbocycles. The van der Waals surface area contributed by atoms with E-state index in [0.29, 0.717) is 25.3 Å². The Labute approximate surface area is 109 Å². The lowest BCUT2D eigenvalue weighted by Gasteiger charge is -2.25. The van der Waals surface area contributed by atoms with Crippen molar-refractivity contribution >= 4 is 5.69 Å². The second-order valence-electron chi connectivity index (χ2n) is 3.88. The molecule has 0 aliphatic heterocycles. The van der Waals surface area contributed by atoms with Crippen molar-refractivity contribution < 1.29 is 9.47 Å². The molecule has 0 amide bonds. The molecule has 0 aliphatic rings. The smallest absolute Gasteiger partial charge is 0.174 e. The molecule has 0 atom stereocenters. The predicted octanol–water partition coefficient (Wildman–Crippen LogP) is 2.39. The van der Waals surface area contributed by atoms with Crippen LogP contribution in [0.1, 0.15) is 19.4 Å². The Hall–Kier alpha value is -1.57. The third-order valence-corrected chi connectivity index (χ3v) is 2.54. The first kappa shape index (κ1) is 14.5. The number of nitrogens with zero attached hydrogens (tertiary/aromatic N) is 2. The molecule has 0 saturated carbocycles. The summed E-state index contributed by atoms with van der Waals surface area (Å²) in [6.45, 7) is 5.77. The molecule has 0 aromatic heterocycles. The number of nitriles is 1. The molecule has 0 saturated heterocycles. The maximum atomic E-state index is 8.88. The second kappa shape index (κ2) is 7.70. The minimum atomic E-state index is -0.240. The number of hydrogen-bond donors (Lipinski definition) is 0. The molecular weight excluding hydrogens is 228 g/mol. The van der Waals surface area contributed by atoms with E-state index in [2.05, 4.69) is 6.07 Å². The van der Waals surface area contributed by atoms with Crippen LogP contribution in [-0.4, -0.2) is 33.1 Å². The van der Waals surface area contributed by atoms with Crippen molar-refractivity contribution in [2.45, 2.75) is 20.1 Å². The van der Waals surface area contributed by atoms with Crippen LogP contribution in [0.2, 0.25) is 0 Å². The van der Waals surface area contributed by atoms with E-state index in [1.54, 1.807) is 6.07 Å². The zero-order chi connectivity index (χ0) is 13.4. The lowest BCUT2D eigenvalue weighted by atomic mass is 10.2. The van der Waals surface area contributed by atoms with E-state index in [0.717, 1.165) is 5.69 Å². The number of likely N-dealkylation sites (N-methyl/N-ethyl adjacent to an activating group) is 1. The van der Waals surface area contributed by atoms with Gasteiger partial charge in [-0.1, -0.05) is 6.07 Å². The summed E-state index contributed by atoms with van der Waals surface area (Å²) in [7, 11) is 1.96. The van der Waals surface area contributed by atoms with Crippen molar-refractivity contribution in [2.24, 2.45) is 0 Å². The average molecular weight is 248 g/mol. The van der Waals surface area contributed by atoms with Crippen LogP contribution < -0.4 is 4.90 Å². The Morgan fingerprint density at radius 2 is 1.94 bits per heavy atom. The van der Waals surface area contributed by atoms with Crippen molar-refractivity contribution in [3.05, 3.63) is 29.8 Å². The molecule has 0 fully saturated rings. The third-order valence-electron chi connectivity index (χ3n) is 2.54. The maximum absolute atomic E-state index is 8.88. The first-order valence-electron chi connectivity index (χ1n) is 6.15. The topological polar surface area (TPSA) is 45.5 Å². The molecule has 4 nitrogen and oxygen atoms in total. The fourth-order valence-electron chi connectivity index (χ4n) is 1.67. The van der Waals surface area contributed by atoms with Crippen molar-refractivity contribution in [2.75, 3.05) is 31.7 Å². The first-order valence-corrected chi connectivity index (χ1v) is 6.15. The quantitative estimate of drug-likeness (QED) is 0.695. The largest absolute Gasteiger partial charge is 0.369 e. The second-order valence-corrected chi connectivity index (χ2v) is 3.88. The fraction of sp³-hybridized carbons (Fsp3) is 0.500. The minimum absolute atomic E-state index is 0.240. The molecule has 18 heavy (non-hydrogen) atoms. The van der Waals surface area contributed by atoms with Gasteiger partial charge in [-0.05, 0) is 32.0 Å². The molecule has 0 bridgehead atoms. The summed E-state index contributed by atoms with van der Waals surface area (Å²) in [6.07, 6.45) is -0.240. The molecule has 0 N–H and O–H groups in total. The van der Waals surface area contributed by atoms with E-state index < -0.39 is 0 Å². The van der Waals surface area contributed by atoms with Gasteiger partial charge in [0.2, 0.25) is 0 Å². The molecular formula is C14H20N2O2. The van der Waals surface area contributed by atoms with Crippen LogP contribution in [-0.2, 0) is 9.47 Å². The summed E-state index contributed by atoms with van der Waals surface area (Å²) in [5.74, 6) is 0. The van der Waals surface area contributed by atoms with Crippen LogP contribution in [0, 0.1) is 11.3 Å². The van der Waals surface area contributed by atoms with Crippen LogP contribution in [0.15, 0.2) is 24.3 Å². The number of rotatable bonds is 7. The van der Waals surface area contributed by atoms with Crippen molar-refractivity contribution in [3.63, 3.8) is 0 Å². The molecule has 1 rings (SSSR count). The minimum Gasteiger partial charge on any atom is -0.369 e. The summed E-state index contributed by atoms with van der Waals surface area (Å²) in [5, 5.41) is 8.88. The number of anilines is 1. The monoisotopic (exact) mass is 248 g/mol. The predicted molar refractivity (Wildman–Crippen MR) is 71.5 cm³/mol. The van der Waals surface area contributed by atoms with E-state index in [-0.39, 0.29) is 6.29 Å². The Morgan fingerprint density at radius 1 is 1.28 bits per heavy atom. The van der Waals surface area contributed by atoms with Crippen molar-refractivity contribution in [1.82, 2.24) is 0 Å². The van der Waals surface area contributed by atoms with E-state index in [4.69, 9.17) is 14.7 Å². The van der Waals surface area contributed by atoms with Crippen LogP contribution >= 0.6 is 0 Å². The summed E-state index contributed by atoms with van der Waals surface area (Å²) in [6, 6.07) is 9.63. The summed E-state index contributed by atoms with van der Waals surface area (Å²) in [4.78, 5) is 2.02. The highest BCUT2D eigenvalue weighted by Gasteiger charge is 2.12. The number of hydrogen-bond acceptors (Lipinski definition) is 4. The lowest BCUT2D eigenvalue weighted by Crippen LogP contribution is -2.33. The Kier molecular flexibility index (Phi) is 6.20. The fourth-order valence-corrected chi connectivity index (χ4v) is 1.67. The molecule has 98 valence electrons. The Bertz CT molecular complexity index is 395. The molecule has 4 heteroatoms. The summed E-state index contributed by atoms with van der Waals surface area (Å²) < 4.78 is 11.0. The van der Waals surface area contributed by atoms with E-state index in [1.165, 1.54) is 0 Å². The highest BCUT2D eigenvalue weighted by atomic mass is 16.7. The zero-order valence-electron chi connectivity index (χ0n) is 11.2. The summed E-state index contributed by atoms with van der Waals surface area (Å²) in [5.41, 5.74) is 1.64. The average Bonchev–Trinajstić information content (AvgIpc) is 2.39. The first-order chi connectivity index (χ1) is 8.71. The Morgan fingerprint density at radius 3 is 2.50 bits per heavy atom. The van der Waals surface area contributed by atoms with E-state index >= 15 is 0 Å². The molecule has 0 unspecified atom stereocenters. The van der Waals surface area contributed by atoms with E-state index in [9.17, 15) is 0 Å². The van der Waals surface area contributed by atoms with Gasteiger partial charge in [0.1, 0.15) is 0 Å².